The molecule has 112 valence electrons. The van der Waals surface area contributed by atoms with Crippen molar-refractivity contribution in [2.45, 2.75) is 24.8 Å². The maximum Gasteiger partial charge on any atom is 0.264 e. The molecule has 0 saturated carbocycles. The molecule has 0 atom stereocenters. The lowest BCUT2D eigenvalue weighted by atomic mass is 10.3. The number of nitrogens with one attached hydrogen (secondary N) is 1. The number of aromatic nitrogens is 1. The lowest BCUT2D eigenvalue weighted by molar-refractivity contribution is 0.242. The topological polar surface area (TPSA) is 68.3 Å². The Balaban J connectivity index is 2.19. The fourth-order valence-electron chi connectivity index (χ4n) is 1.66. The van der Waals surface area contributed by atoms with Crippen LogP contribution in [0.15, 0.2) is 47.5 Å². The van der Waals surface area contributed by atoms with Crippen molar-refractivity contribution in [1.29, 1.82) is 0 Å². The number of sulfonamides is 1. The molecule has 0 amide bonds. The predicted octanol–water partition coefficient (Wildman–Crippen LogP) is 3.32. The summed E-state index contributed by atoms with van der Waals surface area (Å²) in [5.74, 6) is 0.673. The molecule has 1 N–H and O–H groups in total. The fraction of sp³-hybridized carbons (Fsp3) is 0.214. The van der Waals surface area contributed by atoms with Gasteiger partial charge in [-0.3, -0.25) is 4.72 Å². The average Bonchev–Trinajstić information content (AvgIpc) is 2.40. The number of ether oxygens (including phenoxy) is 1. The first-order chi connectivity index (χ1) is 9.88. The maximum absolute atomic E-state index is 12.2. The largest absolute Gasteiger partial charge is 0.491 e. The van der Waals surface area contributed by atoms with Gasteiger partial charge < -0.3 is 4.74 Å². The minimum Gasteiger partial charge on any atom is -0.491 e. The molecular formula is C14H15ClN2O3S. The molecule has 1 heterocycles. The summed E-state index contributed by atoms with van der Waals surface area (Å²) in [7, 11) is -3.77. The van der Waals surface area contributed by atoms with Crippen LogP contribution < -0.4 is 9.46 Å². The Morgan fingerprint density at radius 2 is 1.86 bits per heavy atom. The minimum absolute atomic E-state index is 0.0572. The number of halogens is 1. The van der Waals surface area contributed by atoms with Gasteiger partial charge in [-0.25, -0.2) is 13.4 Å². The van der Waals surface area contributed by atoms with Crippen LogP contribution in [0.2, 0.25) is 5.15 Å². The van der Waals surface area contributed by atoms with Crippen LogP contribution >= 0.6 is 11.6 Å². The standard InChI is InChI=1S/C14H15ClN2O3S/c1-10(2)20-12-7-5-11(6-8-12)17-21(18,19)13-4-3-9-16-14(13)15/h3-10,17H,1-2H3. The summed E-state index contributed by atoms with van der Waals surface area (Å²) in [5, 5.41) is -0.0650. The second-order valence-corrected chi connectivity index (χ2v) is 6.60. The zero-order valence-electron chi connectivity index (χ0n) is 11.6. The molecule has 0 radical (unpaired) electrons. The number of hydrogen-bond donors (Lipinski definition) is 1. The van der Waals surface area contributed by atoms with Gasteiger partial charge in [0.2, 0.25) is 0 Å². The molecule has 5 nitrogen and oxygen atoms in total. The summed E-state index contributed by atoms with van der Waals surface area (Å²) in [6.45, 7) is 3.84. The molecule has 2 aromatic rings. The van der Waals surface area contributed by atoms with Crippen LogP contribution in [0.1, 0.15) is 13.8 Å². The Morgan fingerprint density at radius 3 is 2.43 bits per heavy atom. The first-order valence-corrected chi connectivity index (χ1v) is 8.14. The quantitative estimate of drug-likeness (QED) is 0.856. The number of rotatable bonds is 5. The summed E-state index contributed by atoms with van der Waals surface area (Å²) in [4.78, 5) is 3.70. The Bertz CT molecular complexity index is 715. The van der Waals surface area contributed by atoms with Crippen molar-refractivity contribution < 1.29 is 13.2 Å². The second-order valence-electron chi connectivity index (χ2n) is 4.59. The molecule has 0 aliphatic heterocycles. The Hall–Kier alpha value is -1.79. The molecule has 1 aromatic heterocycles. The first kappa shape index (κ1) is 15.6. The van der Waals surface area contributed by atoms with Crippen LogP contribution in [-0.4, -0.2) is 19.5 Å². The van der Waals surface area contributed by atoms with Gasteiger partial charge in [-0.05, 0) is 50.2 Å². The molecule has 0 spiro atoms. The Morgan fingerprint density at radius 1 is 1.19 bits per heavy atom. The van der Waals surface area contributed by atoms with E-state index in [2.05, 4.69) is 9.71 Å². The van der Waals surface area contributed by atoms with Crippen LogP contribution in [-0.2, 0) is 10.0 Å². The second kappa shape index (κ2) is 6.32. The highest BCUT2D eigenvalue weighted by Crippen LogP contribution is 2.23. The van der Waals surface area contributed by atoms with Crippen molar-refractivity contribution >= 4 is 27.3 Å². The van der Waals surface area contributed by atoms with E-state index in [1.165, 1.54) is 18.3 Å². The lowest BCUT2D eigenvalue weighted by Crippen LogP contribution is -2.14. The normalized spacial score (nSPS) is 11.4. The summed E-state index contributed by atoms with van der Waals surface area (Å²) in [6.07, 6.45) is 1.49. The van der Waals surface area contributed by atoms with E-state index in [9.17, 15) is 8.42 Å². The Labute approximate surface area is 129 Å². The van der Waals surface area contributed by atoms with E-state index < -0.39 is 10.0 Å². The van der Waals surface area contributed by atoms with E-state index in [4.69, 9.17) is 16.3 Å². The van der Waals surface area contributed by atoms with Gasteiger partial charge in [0.25, 0.3) is 10.0 Å². The fourth-order valence-corrected chi connectivity index (χ4v) is 3.17. The SMILES string of the molecule is CC(C)Oc1ccc(NS(=O)(=O)c2cccnc2Cl)cc1. The van der Waals surface area contributed by atoms with E-state index in [0.29, 0.717) is 11.4 Å². The average molecular weight is 327 g/mol. The van der Waals surface area contributed by atoms with Crippen LogP contribution in [0.25, 0.3) is 0 Å². The van der Waals surface area contributed by atoms with Crippen LogP contribution in [0.3, 0.4) is 0 Å². The molecule has 0 unspecified atom stereocenters. The van der Waals surface area contributed by atoms with E-state index in [1.807, 2.05) is 13.8 Å². The van der Waals surface area contributed by atoms with Crippen molar-refractivity contribution in [1.82, 2.24) is 4.98 Å². The van der Waals surface area contributed by atoms with Crippen molar-refractivity contribution in [2.24, 2.45) is 0 Å². The third kappa shape index (κ3) is 4.09. The number of pyridine rings is 1. The highest BCUT2D eigenvalue weighted by molar-refractivity contribution is 7.92. The van der Waals surface area contributed by atoms with Crippen molar-refractivity contribution in [3.63, 3.8) is 0 Å². The van der Waals surface area contributed by atoms with Crippen molar-refractivity contribution in [2.75, 3.05) is 4.72 Å². The third-order valence-corrected chi connectivity index (χ3v) is 4.32. The van der Waals surface area contributed by atoms with Gasteiger partial charge >= 0.3 is 0 Å². The number of hydrogen-bond acceptors (Lipinski definition) is 4. The zero-order chi connectivity index (χ0) is 15.5. The number of nitrogens with zero attached hydrogens (tertiary/aromatic N) is 1. The van der Waals surface area contributed by atoms with Crippen molar-refractivity contribution in [3.8, 4) is 5.75 Å². The number of benzene rings is 1. The summed E-state index contributed by atoms with van der Waals surface area (Å²) < 4.78 is 32.4. The molecular weight excluding hydrogens is 312 g/mol. The van der Waals surface area contributed by atoms with Crippen LogP contribution in [0.4, 0.5) is 5.69 Å². The Kier molecular flexibility index (Phi) is 4.69. The summed E-state index contributed by atoms with van der Waals surface area (Å²) in [6, 6.07) is 9.55. The molecule has 21 heavy (non-hydrogen) atoms. The monoisotopic (exact) mass is 326 g/mol. The van der Waals surface area contributed by atoms with E-state index in [0.717, 1.165) is 0 Å². The molecule has 0 bridgehead atoms. The number of anilines is 1. The molecule has 0 fully saturated rings. The first-order valence-electron chi connectivity index (χ1n) is 6.28. The van der Waals surface area contributed by atoms with Crippen LogP contribution in [0.5, 0.6) is 5.75 Å². The van der Waals surface area contributed by atoms with Gasteiger partial charge in [0.05, 0.1) is 6.10 Å². The highest BCUT2D eigenvalue weighted by Gasteiger charge is 2.18. The smallest absolute Gasteiger partial charge is 0.264 e. The molecule has 0 aliphatic rings. The van der Waals surface area contributed by atoms with Crippen LogP contribution in [0, 0.1) is 0 Å². The summed E-state index contributed by atoms with van der Waals surface area (Å²) >= 11 is 5.81. The molecule has 2 rings (SSSR count). The van der Waals surface area contributed by atoms with E-state index in [1.54, 1.807) is 24.3 Å². The van der Waals surface area contributed by atoms with Gasteiger partial charge in [0.1, 0.15) is 15.8 Å². The van der Waals surface area contributed by atoms with Gasteiger partial charge in [0.15, 0.2) is 0 Å². The summed E-state index contributed by atoms with van der Waals surface area (Å²) in [5.41, 5.74) is 0.422. The highest BCUT2D eigenvalue weighted by atomic mass is 35.5. The van der Waals surface area contributed by atoms with E-state index >= 15 is 0 Å². The zero-order valence-corrected chi connectivity index (χ0v) is 13.1. The molecule has 0 saturated heterocycles. The van der Waals surface area contributed by atoms with Gasteiger partial charge in [-0.2, -0.15) is 0 Å². The maximum atomic E-state index is 12.2. The van der Waals surface area contributed by atoms with Gasteiger partial charge in [-0.15, -0.1) is 0 Å². The van der Waals surface area contributed by atoms with Crippen molar-refractivity contribution in [3.05, 3.63) is 47.7 Å². The lowest BCUT2D eigenvalue weighted by Gasteiger charge is -2.11. The molecule has 0 aliphatic carbocycles. The minimum atomic E-state index is -3.77. The molecule has 1 aromatic carbocycles. The van der Waals surface area contributed by atoms with Gasteiger partial charge in [0, 0.05) is 11.9 Å². The third-order valence-electron chi connectivity index (χ3n) is 2.49. The predicted molar refractivity (Wildman–Crippen MR) is 82.3 cm³/mol. The van der Waals surface area contributed by atoms with Gasteiger partial charge in [-0.1, -0.05) is 11.6 Å². The molecule has 7 heteroatoms. The van der Waals surface area contributed by atoms with E-state index in [-0.39, 0.29) is 16.2 Å².